The lowest BCUT2D eigenvalue weighted by Crippen LogP contribution is -2.40. The second-order valence-electron chi connectivity index (χ2n) is 5.87. The molecule has 0 radical (unpaired) electrons. The van der Waals surface area contributed by atoms with E-state index in [1.54, 1.807) is 21.9 Å². The van der Waals surface area contributed by atoms with Gasteiger partial charge in [0.05, 0.1) is 24.8 Å². The van der Waals surface area contributed by atoms with Gasteiger partial charge >= 0.3 is 6.03 Å². The SMILES string of the molecule is CC(NC(=O)NC(Cn1cncn1)c1ccccc1)c1cnn(C)c1. The lowest BCUT2D eigenvalue weighted by Gasteiger charge is -2.21. The number of urea groups is 1. The first kappa shape index (κ1) is 16.7. The van der Waals surface area contributed by atoms with E-state index in [0.29, 0.717) is 6.54 Å². The smallest absolute Gasteiger partial charge is 0.315 e. The van der Waals surface area contributed by atoms with Crippen molar-refractivity contribution in [3.63, 3.8) is 0 Å². The summed E-state index contributed by atoms with van der Waals surface area (Å²) in [6, 6.07) is 9.19. The molecule has 0 saturated heterocycles. The zero-order chi connectivity index (χ0) is 17.6. The minimum atomic E-state index is -0.245. The Bertz CT molecular complexity index is 798. The maximum Gasteiger partial charge on any atom is 0.315 e. The topological polar surface area (TPSA) is 89.7 Å². The van der Waals surface area contributed by atoms with Gasteiger partial charge in [-0.05, 0) is 12.5 Å². The lowest BCUT2D eigenvalue weighted by atomic mass is 10.1. The Kier molecular flexibility index (Phi) is 5.08. The Morgan fingerprint density at radius 1 is 1.16 bits per heavy atom. The highest BCUT2D eigenvalue weighted by molar-refractivity contribution is 5.75. The van der Waals surface area contributed by atoms with E-state index in [1.807, 2.05) is 50.5 Å². The molecule has 8 nitrogen and oxygen atoms in total. The van der Waals surface area contributed by atoms with Crippen molar-refractivity contribution >= 4 is 6.03 Å². The van der Waals surface area contributed by atoms with Gasteiger partial charge < -0.3 is 10.6 Å². The van der Waals surface area contributed by atoms with Crippen LogP contribution in [-0.4, -0.2) is 30.6 Å². The van der Waals surface area contributed by atoms with E-state index < -0.39 is 0 Å². The highest BCUT2D eigenvalue weighted by atomic mass is 16.2. The zero-order valence-corrected chi connectivity index (χ0v) is 14.2. The fourth-order valence-corrected chi connectivity index (χ4v) is 2.58. The Morgan fingerprint density at radius 2 is 1.96 bits per heavy atom. The number of amides is 2. The molecule has 2 heterocycles. The molecular weight excluding hydrogens is 318 g/mol. The average Bonchev–Trinajstić information content (AvgIpc) is 3.26. The molecule has 0 saturated carbocycles. The minimum absolute atomic E-state index is 0.142. The third-order valence-corrected chi connectivity index (χ3v) is 3.92. The first-order valence-corrected chi connectivity index (χ1v) is 8.05. The van der Waals surface area contributed by atoms with Crippen LogP contribution >= 0.6 is 0 Å². The summed E-state index contributed by atoms with van der Waals surface area (Å²) in [5.41, 5.74) is 1.95. The van der Waals surface area contributed by atoms with Gasteiger partial charge in [0.25, 0.3) is 0 Å². The molecule has 0 aliphatic carbocycles. The van der Waals surface area contributed by atoms with Crippen LogP contribution in [0.5, 0.6) is 0 Å². The number of benzene rings is 1. The molecule has 2 aromatic heterocycles. The first-order chi connectivity index (χ1) is 12.1. The van der Waals surface area contributed by atoms with Crippen molar-refractivity contribution < 1.29 is 4.79 Å². The van der Waals surface area contributed by atoms with Gasteiger partial charge in [-0.3, -0.25) is 9.36 Å². The summed E-state index contributed by atoms with van der Waals surface area (Å²) < 4.78 is 3.41. The molecule has 25 heavy (non-hydrogen) atoms. The average molecular weight is 339 g/mol. The van der Waals surface area contributed by atoms with E-state index in [-0.39, 0.29) is 18.1 Å². The Balaban J connectivity index is 1.67. The fourth-order valence-electron chi connectivity index (χ4n) is 2.58. The molecule has 2 N–H and O–H groups in total. The molecule has 2 unspecified atom stereocenters. The van der Waals surface area contributed by atoms with Gasteiger partial charge in [-0.15, -0.1) is 0 Å². The molecule has 2 amide bonds. The van der Waals surface area contributed by atoms with E-state index in [1.165, 1.54) is 6.33 Å². The number of nitrogens with one attached hydrogen (secondary N) is 2. The fraction of sp³-hybridized carbons (Fsp3) is 0.294. The molecule has 1 aromatic carbocycles. The number of carbonyl (C=O) groups is 1. The van der Waals surface area contributed by atoms with Crippen molar-refractivity contribution in [3.05, 3.63) is 66.5 Å². The lowest BCUT2D eigenvalue weighted by molar-refractivity contribution is 0.232. The van der Waals surface area contributed by atoms with E-state index in [0.717, 1.165) is 11.1 Å². The third kappa shape index (κ3) is 4.43. The number of rotatable bonds is 6. The molecule has 0 bridgehead atoms. The zero-order valence-electron chi connectivity index (χ0n) is 14.2. The monoisotopic (exact) mass is 339 g/mol. The Hall–Kier alpha value is -3.16. The maximum atomic E-state index is 12.5. The van der Waals surface area contributed by atoms with Crippen molar-refractivity contribution in [1.29, 1.82) is 0 Å². The van der Waals surface area contributed by atoms with E-state index in [2.05, 4.69) is 25.8 Å². The quantitative estimate of drug-likeness (QED) is 0.717. The largest absolute Gasteiger partial charge is 0.332 e. The van der Waals surface area contributed by atoms with E-state index in [9.17, 15) is 4.79 Å². The summed E-state index contributed by atoms with van der Waals surface area (Å²) >= 11 is 0. The van der Waals surface area contributed by atoms with Crippen LogP contribution in [0.4, 0.5) is 4.79 Å². The van der Waals surface area contributed by atoms with Crippen LogP contribution in [0.3, 0.4) is 0 Å². The Labute approximate surface area is 145 Å². The van der Waals surface area contributed by atoms with Crippen molar-refractivity contribution in [2.75, 3.05) is 0 Å². The standard InChI is InChI=1S/C17H21N7O/c1-13(15-8-19-23(2)9-15)21-17(25)22-16(10-24-12-18-11-20-24)14-6-4-3-5-7-14/h3-9,11-13,16H,10H2,1-2H3,(H2,21,22,25). The van der Waals surface area contributed by atoms with Gasteiger partial charge in [0.1, 0.15) is 12.7 Å². The molecule has 3 rings (SSSR count). The van der Waals surface area contributed by atoms with Crippen LogP contribution in [0, 0.1) is 0 Å². The Morgan fingerprint density at radius 3 is 2.60 bits per heavy atom. The molecule has 2 atom stereocenters. The van der Waals surface area contributed by atoms with Crippen LogP contribution in [0.1, 0.15) is 30.1 Å². The van der Waals surface area contributed by atoms with Crippen LogP contribution in [0.25, 0.3) is 0 Å². The maximum absolute atomic E-state index is 12.5. The molecule has 0 fully saturated rings. The van der Waals surface area contributed by atoms with Crippen LogP contribution in [-0.2, 0) is 13.6 Å². The highest BCUT2D eigenvalue weighted by Gasteiger charge is 2.17. The first-order valence-electron chi connectivity index (χ1n) is 8.05. The predicted octanol–water partition coefficient (Wildman–Crippen LogP) is 1.81. The van der Waals surface area contributed by atoms with Gasteiger partial charge in [0.15, 0.2) is 0 Å². The summed E-state index contributed by atoms with van der Waals surface area (Å²) in [5.74, 6) is 0. The van der Waals surface area contributed by atoms with Crippen molar-refractivity contribution in [3.8, 4) is 0 Å². The van der Waals surface area contributed by atoms with Gasteiger partial charge in [-0.25, -0.2) is 9.78 Å². The minimum Gasteiger partial charge on any atom is -0.332 e. The van der Waals surface area contributed by atoms with E-state index >= 15 is 0 Å². The summed E-state index contributed by atoms with van der Waals surface area (Å²) in [6.07, 6.45) is 6.74. The highest BCUT2D eigenvalue weighted by Crippen LogP contribution is 2.15. The summed E-state index contributed by atoms with van der Waals surface area (Å²) in [5, 5.41) is 14.2. The van der Waals surface area contributed by atoms with Crippen LogP contribution < -0.4 is 10.6 Å². The predicted molar refractivity (Wildman–Crippen MR) is 92.5 cm³/mol. The molecule has 0 aliphatic rings. The number of hydrogen-bond donors (Lipinski definition) is 2. The van der Waals surface area contributed by atoms with Crippen molar-refractivity contribution in [1.82, 2.24) is 35.2 Å². The van der Waals surface area contributed by atoms with E-state index in [4.69, 9.17) is 0 Å². The van der Waals surface area contributed by atoms with Crippen LogP contribution in [0.2, 0.25) is 0 Å². The summed E-state index contributed by atoms with van der Waals surface area (Å²) in [4.78, 5) is 16.4. The number of aromatic nitrogens is 5. The number of nitrogens with zero attached hydrogens (tertiary/aromatic N) is 5. The summed E-state index contributed by atoms with van der Waals surface area (Å²) in [7, 11) is 1.85. The van der Waals surface area contributed by atoms with Crippen molar-refractivity contribution in [2.45, 2.75) is 25.6 Å². The molecule has 3 aromatic rings. The number of aryl methyl sites for hydroxylation is 1. The van der Waals surface area contributed by atoms with Gasteiger partial charge in [-0.2, -0.15) is 10.2 Å². The van der Waals surface area contributed by atoms with Gasteiger partial charge in [0, 0.05) is 18.8 Å². The number of carbonyl (C=O) groups excluding carboxylic acids is 1. The van der Waals surface area contributed by atoms with Gasteiger partial charge in [0.2, 0.25) is 0 Å². The summed E-state index contributed by atoms with van der Waals surface area (Å²) in [6.45, 7) is 2.42. The molecule has 0 spiro atoms. The van der Waals surface area contributed by atoms with Crippen molar-refractivity contribution in [2.24, 2.45) is 7.05 Å². The second kappa shape index (κ2) is 7.61. The molecule has 130 valence electrons. The molecule has 0 aliphatic heterocycles. The van der Waals surface area contributed by atoms with Crippen LogP contribution in [0.15, 0.2) is 55.4 Å². The molecular formula is C17H21N7O. The number of hydrogen-bond acceptors (Lipinski definition) is 4. The molecule has 8 heteroatoms. The third-order valence-electron chi connectivity index (χ3n) is 3.92. The normalized spacial score (nSPS) is 13.2. The van der Waals surface area contributed by atoms with Gasteiger partial charge in [-0.1, -0.05) is 30.3 Å². The second-order valence-corrected chi connectivity index (χ2v) is 5.87.